The van der Waals surface area contributed by atoms with E-state index in [0.717, 1.165) is 5.69 Å². The van der Waals surface area contributed by atoms with Crippen LogP contribution in [0.2, 0.25) is 0 Å². The first-order valence-electron chi connectivity index (χ1n) is 4.20. The molecule has 5 nitrogen and oxygen atoms in total. The molecule has 0 spiro atoms. The molecule has 0 aliphatic carbocycles. The van der Waals surface area contributed by atoms with E-state index < -0.39 is 0 Å². The van der Waals surface area contributed by atoms with Gasteiger partial charge in [0, 0.05) is 11.9 Å². The van der Waals surface area contributed by atoms with Crippen molar-refractivity contribution in [2.75, 3.05) is 19.0 Å². The molecule has 0 amide bonds. The van der Waals surface area contributed by atoms with Crippen LogP contribution in [0, 0.1) is 0 Å². The molecule has 1 heterocycles. The van der Waals surface area contributed by atoms with Crippen molar-refractivity contribution in [3.8, 4) is 0 Å². The Balaban J connectivity index is 2.66. The summed E-state index contributed by atoms with van der Waals surface area (Å²) in [6.45, 7) is 0.0945. The molecule has 0 fully saturated rings. The number of carbonyl (C=O) groups is 1. The van der Waals surface area contributed by atoms with E-state index in [-0.39, 0.29) is 17.5 Å². The first-order valence-corrected chi connectivity index (χ1v) is 4.61. The topological polar surface area (TPSA) is 77.2 Å². The van der Waals surface area contributed by atoms with E-state index in [4.69, 9.17) is 18.0 Å². The van der Waals surface area contributed by atoms with Gasteiger partial charge in [0.2, 0.25) is 0 Å². The van der Waals surface area contributed by atoms with Crippen LogP contribution >= 0.6 is 12.2 Å². The van der Waals surface area contributed by atoms with Gasteiger partial charge < -0.3 is 15.8 Å². The van der Waals surface area contributed by atoms with Crippen molar-refractivity contribution in [2.45, 2.75) is 0 Å². The number of esters is 1. The number of thiocarbonyl (C=S) groups is 1. The first-order chi connectivity index (χ1) is 7.13. The molecule has 0 saturated carbocycles. The molecule has 0 aliphatic rings. The summed E-state index contributed by atoms with van der Waals surface area (Å²) in [5.41, 5.74) is 6.65. The van der Waals surface area contributed by atoms with E-state index >= 15 is 0 Å². The van der Waals surface area contributed by atoms with Crippen molar-refractivity contribution >= 4 is 28.9 Å². The number of pyridine rings is 1. The van der Waals surface area contributed by atoms with Gasteiger partial charge in [0.15, 0.2) is 0 Å². The van der Waals surface area contributed by atoms with Crippen LogP contribution in [0.15, 0.2) is 18.3 Å². The van der Waals surface area contributed by atoms with Crippen LogP contribution in [-0.2, 0) is 9.53 Å². The molecular formula is C9H11N3O2S. The van der Waals surface area contributed by atoms with Crippen LogP contribution in [0.3, 0.4) is 0 Å². The van der Waals surface area contributed by atoms with E-state index in [2.05, 4.69) is 15.0 Å². The minimum absolute atomic E-state index is 0.0945. The maximum atomic E-state index is 10.9. The predicted octanol–water partition coefficient (Wildman–Crippen LogP) is 0.301. The molecule has 1 aromatic rings. The van der Waals surface area contributed by atoms with Crippen LogP contribution < -0.4 is 11.1 Å². The minimum Gasteiger partial charge on any atom is -0.468 e. The Labute approximate surface area is 92.6 Å². The van der Waals surface area contributed by atoms with Gasteiger partial charge in [0.05, 0.1) is 12.8 Å². The second-order valence-electron chi connectivity index (χ2n) is 2.72. The highest BCUT2D eigenvalue weighted by atomic mass is 32.1. The minimum atomic E-state index is -0.344. The van der Waals surface area contributed by atoms with Crippen molar-refractivity contribution < 1.29 is 9.53 Å². The maximum absolute atomic E-state index is 10.9. The summed E-state index contributed by atoms with van der Waals surface area (Å²) in [4.78, 5) is 15.0. The van der Waals surface area contributed by atoms with Crippen LogP contribution in [0.1, 0.15) is 5.69 Å². The fourth-order valence-corrected chi connectivity index (χ4v) is 1.03. The second-order valence-corrected chi connectivity index (χ2v) is 3.16. The van der Waals surface area contributed by atoms with Crippen molar-refractivity contribution in [1.29, 1.82) is 0 Å². The zero-order valence-electron chi connectivity index (χ0n) is 8.19. The van der Waals surface area contributed by atoms with Crippen molar-refractivity contribution in [3.63, 3.8) is 0 Å². The van der Waals surface area contributed by atoms with Gasteiger partial charge in [0.1, 0.15) is 11.5 Å². The van der Waals surface area contributed by atoms with E-state index in [1.807, 2.05) is 0 Å². The smallest absolute Gasteiger partial charge is 0.325 e. The van der Waals surface area contributed by atoms with Gasteiger partial charge in [-0.1, -0.05) is 12.2 Å². The molecule has 0 bridgehead atoms. The number of nitrogens with one attached hydrogen (secondary N) is 1. The van der Waals surface area contributed by atoms with Gasteiger partial charge in [-0.25, -0.2) is 0 Å². The number of hydrogen-bond donors (Lipinski definition) is 2. The third kappa shape index (κ3) is 3.51. The Morgan fingerprint density at radius 1 is 1.73 bits per heavy atom. The molecule has 0 atom stereocenters. The summed E-state index contributed by atoms with van der Waals surface area (Å²) in [7, 11) is 1.33. The Morgan fingerprint density at radius 2 is 2.47 bits per heavy atom. The average molecular weight is 225 g/mol. The largest absolute Gasteiger partial charge is 0.468 e. The van der Waals surface area contributed by atoms with Crippen LogP contribution in [-0.4, -0.2) is 29.6 Å². The summed E-state index contributed by atoms with van der Waals surface area (Å²) in [5, 5.41) is 2.86. The van der Waals surface area contributed by atoms with Crippen LogP contribution in [0.25, 0.3) is 0 Å². The fourth-order valence-electron chi connectivity index (χ4n) is 0.922. The zero-order chi connectivity index (χ0) is 11.3. The van der Waals surface area contributed by atoms with Gasteiger partial charge in [0.25, 0.3) is 0 Å². The highest BCUT2D eigenvalue weighted by Gasteiger charge is 2.02. The zero-order valence-corrected chi connectivity index (χ0v) is 9.00. The highest BCUT2D eigenvalue weighted by molar-refractivity contribution is 7.80. The summed E-state index contributed by atoms with van der Waals surface area (Å²) >= 11 is 4.78. The molecule has 3 N–H and O–H groups in total. The number of ether oxygens (including phenoxy) is 1. The highest BCUT2D eigenvalue weighted by Crippen LogP contribution is 2.07. The predicted molar refractivity (Wildman–Crippen MR) is 60.6 cm³/mol. The van der Waals surface area contributed by atoms with E-state index in [1.54, 1.807) is 18.3 Å². The lowest BCUT2D eigenvalue weighted by Crippen LogP contribution is -2.16. The van der Waals surface area contributed by atoms with E-state index in [9.17, 15) is 4.79 Å². The molecular weight excluding hydrogens is 214 g/mol. The van der Waals surface area contributed by atoms with Crippen LogP contribution in [0.4, 0.5) is 5.69 Å². The lowest BCUT2D eigenvalue weighted by molar-refractivity contribution is -0.138. The fraction of sp³-hybridized carbons (Fsp3) is 0.222. The quantitative estimate of drug-likeness (QED) is 0.567. The molecule has 0 aliphatic heterocycles. The number of hydrogen-bond acceptors (Lipinski definition) is 5. The summed E-state index contributed by atoms with van der Waals surface area (Å²) in [6, 6.07) is 3.38. The number of rotatable bonds is 4. The molecule has 15 heavy (non-hydrogen) atoms. The summed E-state index contributed by atoms with van der Waals surface area (Å²) < 4.78 is 4.48. The molecule has 80 valence electrons. The monoisotopic (exact) mass is 225 g/mol. The molecule has 0 radical (unpaired) electrons. The molecule has 0 aromatic carbocycles. The lowest BCUT2D eigenvalue weighted by Gasteiger charge is -2.05. The van der Waals surface area contributed by atoms with Gasteiger partial charge in [-0.15, -0.1) is 0 Å². The van der Waals surface area contributed by atoms with Gasteiger partial charge in [-0.2, -0.15) is 0 Å². The number of aromatic nitrogens is 1. The van der Waals surface area contributed by atoms with Crippen molar-refractivity contribution in [1.82, 2.24) is 4.98 Å². The van der Waals surface area contributed by atoms with Crippen molar-refractivity contribution in [3.05, 3.63) is 24.0 Å². The average Bonchev–Trinajstić information content (AvgIpc) is 2.26. The number of methoxy groups -OCH3 is 1. The van der Waals surface area contributed by atoms with Crippen LogP contribution in [0.5, 0.6) is 0 Å². The van der Waals surface area contributed by atoms with Gasteiger partial charge in [-0.05, 0) is 12.1 Å². The van der Waals surface area contributed by atoms with E-state index in [0.29, 0.717) is 5.69 Å². The Kier molecular flexibility index (Phi) is 3.99. The Hall–Kier alpha value is -1.69. The summed E-state index contributed by atoms with van der Waals surface area (Å²) in [6.07, 6.45) is 1.56. The first kappa shape index (κ1) is 11.4. The third-order valence-corrected chi connectivity index (χ3v) is 1.89. The SMILES string of the molecule is COC(=O)CNc1ccnc(C(N)=S)c1. The number of carbonyl (C=O) groups excluding carboxylic acids is 1. The Morgan fingerprint density at radius 3 is 3.07 bits per heavy atom. The molecule has 0 saturated heterocycles. The molecule has 6 heteroatoms. The molecule has 1 aromatic heterocycles. The normalized spacial score (nSPS) is 9.40. The standard InChI is InChI=1S/C9H11N3O2S/c1-14-8(13)5-12-6-2-3-11-7(4-6)9(10)15/h2-4H,5H2,1H3,(H2,10,15)(H,11,12). The second kappa shape index (κ2) is 5.26. The number of nitrogens with two attached hydrogens (primary N) is 1. The number of nitrogens with zero attached hydrogens (tertiary/aromatic N) is 1. The summed E-state index contributed by atoms with van der Waals surface area (Å²) in [5.74, 6) is -0.344. The maximum Gasteiger partial charge on any atom is 0.325 e. The lowest BCUT2D eigenvalue weighted by atomic mass is 10.3. The Bertz CT molecular complexity index is 381. The van der Waals surface area contributed by atoms with Crippen molar-refractivity contribution in [2.24, 2.45) is 5.73 Å². The van der Waals surface area contributed by atoms with Gasteiger partial charge in [-0.3, -0.25) is 9.78 Å². The third-order valence-electron chi connectivity index (χ3n) is 1.68. The van der Waals surface area contributed by atoms with E-state index in [1.165, 1.54) is 7.11 Å². The number of anilines is 1. The molecule has 0 unspecified atom stereocenters. The molecule has 1 rings (SSSR count). The van der Waals surface area contributed by atoms with Gasteiger partial charge >= 0.3 is 5.97 Å².